The van der Waals surface area contributed by atoms with Crippen molar-refractivity contribution in [2.24, 2.45) is 0 Å². The average molecular weight is 421 g/mol. The van der Waals surface area contributed by atoms with Gasteiger partial charge in [-0.3, -0.25) is 4.79 Å². The second kappa shape index (κ2) is 8.73. The molecule has 0 aliphatic heterocycles. The number of benzene rings is 1. The summed E-state index contributed by atoms with van der Waals surface area (Å²) in [6.07, 6.45) is 3.52. The van der Waals surface area contributed by atoms with Gasteiger partial charge in [0.1, 0.15) is 10.6 Å². The second-order valence-corrected chi connectivity index (χ2v) is 8.93. The van der Waals surface area contributed by atoms with Crippen LogP contribution in [0.1, 0.15) is 28.8 Å². The number of ether oxygens (including phenoxy) is 1. The van der Waals surface area contributed by atoms with Gasteiger partial charge in [0.2, 0.25) is 0 Å². The van der Waals surface area contributed by atoms with Gasteiger partial charge in [-0.25, -0.2) is 9.37 Å². The molecule has 1 aromatic carbocycles. The van der Waals surface area contributed by atoms with Crippen LogP contribution in [0.2, 0.25) is 0 Å². The van der Waals surface area contributed by atoms with E-state index in [0.29, 0.717) is 16.5 Å². The van der Waals surface area contributed by atoms with E-state index in [1.807, 2.05) is 0 Å². The zero-order valence-electron chi connectivity index (χ0n) is 15.2. The molecule has 8 heteroatoms. The maximum absolute atomic E-state index is 13.5. The molecule has 1 aliphatic rings. The van der Waals surface area contributed by atoms with E-state index >= 15 is 0 Å². The lowest BCUT2D eigenvalue weighted by Crippen LogP contribution is -2.19. The molecule has 28 heavy (non-hydrogen) atoms. The number of nitrogens with zero attached hydrogens (tertiary/aromatic N) is 1. The molecule has 0 spiro atoms. The molecule has 148 valence electrons. The molecular formula is C20H21FN2O3S2. The topological polar surface area (TPSA) is 75.2 Å². The van der Waals surface area contributed by atoms with Crippen LogP contribution < -0.4 is 5.56 Å². The third-order valence-corrected chi connectivity index (χ3v) is 6.95. The Morgan fingerprint density at radius 2 is 2.14 bits per heavy atom. The fourth-order valence-electron chi connectivity index (χ4n) is 3.36. The maximum atomic E-state index is 13.5. The summed E-state index contributed by atoms with van der Waals surface area (Å²) in [6.45, 7) is 0.192. The predicted octanol–water partition coefficient (Wildman–Crippen LogP) is 3.67. The van der Waals surface area contributed by atoms with Crippen molar-refractivity contribution in [3.05, 3.63) is 56.4 Å². The lowest BCUT2D eigenvalue weighted by atomic mass is 9.97. The summed E-state index contributed by atoms with van der Waals surface area (Å²) in [5, 5.41) is 11.4. The Labute approximate surface area is 170 Å². The molecule has 1 atom stereocenters. The molecule has 0 unspecified atom stereocenters. The van der Waals surface area contributed by atoms with Gasteiger partial charge in [0.15, 0.2) is 5.16 Å². The minimum absolute atomic E-state index is 0.0844. The number of hydrogen-bond donors (Lipinski definition) is 2. The quantitative estimate of drug-likeness (QED) is 0.451. The summed E-state index contributed by atoms with van der Waals surface area (Å²) in [6, 6.07) is 6.40. The molecule has 2 N–H and O–H groups in total. The number of nitrogens with one attached hydrogen (secondary N) is 1. The van der Waals surface area contributed by atoms with Gasteiger partial charge in [-0.1, -0.05) is 30.0 Å². The third kappa shape index (κ3) is 4.30. The van der Waals surface area contributed by atoms with Crippen LogP contribution >= 0.6 is 23.1 Å². The minimum Gasteiger partial charge on any atom is -0.390 e. The molecule has 0 amide bonds. The second-order valence-electron chi connectivity index (χ2n) is 6.83. The monoisotopic (exact) mass is 420 g/mol. The molecule has 0 fully saturated rings. The summed E-state index contributed by atoms with van der Waals surface area (Å²) < 4.78 is 19.0. The van der Waals surface area contributed by atoms with Crippen LogP contribution in [0.15, 0.2) is 34.2 Å². The van der Waals surface area contributed by atoms with Gasteiger partial charge in [-0.05, 0) is 37.3 Å². The maximum Gasteiger partial charge on any atom is 0.260 e. The fraction of sp³-hybridized carbons (Fsp3) is 0.400. The Kier molecular flexibility index (Phi) is 6.10. The number of halogens is 1. The molecule has 3 aromatic rings. The number of H-pyrrole nitrogens is 1. The van der Waals surface area contributed by atoms with Crippen molar-refractivity contribution in [3.8, 4) is 0 Å². The first-order chi connectivity index (χ1) is 13.6. The van der Waals surface area contributed by atoms with Crippen molar-refractivity contribution in [2.45, 2.75) is 43.6 Å². The first kappa shape index (κ1) is 19.6. The Morgan fingerprint density at radius 3 is 3.00 bits per heavy atom. The number of thioether (sulfide) groups is 1. The molecule has 2 aromatic heterocycles. The Bertz CT molecular complexity index is 1030. The molecule has 0 radical (unpaired) electrons. The standard InChI is InChI=1S/C20H21FN2O3S2/c21-15-7-3-1-5-12(15)9-26-10-13(24)11-27-20-22-18(25)17-14-6-2-4-8-16(14)28-19(17)23-20/h1,3,5,7,13,24H,2,4,6,8-11H2,(H,22,23,25)/t13-/m0/s1. The highest BCUT2D eigenvalue weighted by Crippen LogP contribution is 2.34. The number of aliphatic hydroxyl groups excluding tert-OH is 1. The van der Waals surface area contributed by atoms with Crippen molar-refractivity contribution in [1.82, 2.24) is 9.97 Å². The van der Waals surface area contributed by atoms with Crippen LogP contribution in [-0.4, -0.2) is 33.5 Å². The van der Waals surface area contributed by atoms with Crippen LogP contribution in [0.4, 0.5) is 4.39 Å². The zero-order chi connectivity index (χ0) is 19.5. The van der Waals surface area contributed by atoms with Crippen molar-refractivity contribution in [1.29, 1.82) is 0 Å². The number of rotatable bonds is 7. The van der Waals surface area contributed by atoms with Gasteiger partial charge in [0, 0.05) is 16.2 Å². The lowest BCUT2D eigenvalue weighted by molar-refractivity contribution is 0.0386. The summed E-state index contributed by atoms with van der Waals surface area (Å²) >= 11 is 2.90. The highest BCUT2D eigenvalue weighted by atomic mass is 32.2. The SMILES string of the molecule is O=c1[nH]c(SC[C@@H](O)COCc2ccccc2F)nc2sc3c(c12)CCCC3. The summed E-state index contributed by atoms with van der Waals surface area (Å²) in [4.78, 5) is 22.0. The van der Waals surface area contributed by atoms with E-state index in [0.717, 1.165) is 35.0 Å². The molecule has 0 saturated heterocycles. The smallest absolute Gasteiger partial charge is 0.260 e. The van der Waals surface area contributed by atoms with Crippen molar-refractivity contribution in [2.75, 3.05) is 12.4 Å². The van der Waals surface area contributed by atoms with Gasteiger partial charge >= 0.3 is 0 Å². The Balaban J connectivity index is 1.35. The number of fused-ring (bicyclic) bond motifs is 3. The predicted molar refractivity (Wildman–Crippen MR) is 110 cm³/mol. The van der Waals surface area contributed by atoms with Crippen LogP contribution in [0.5, 0.6) is 0 Å². The van der Waals surface area contributed by atoms with Crippen LogP contribution in [-0.2, 0) is 24.2 Å². The molecule has 4 rings (SSSR count). The third-order valence-electron chi connectivity index (χ3n) is 4.74. The number of hydrogen-bond acceptors (Lipinski definition) is 6. The van der Waals surface area contributed by atoms with Gasteiger partial charge in [-0.15, -0.1) is 11.3 Å². The number of aromatic nitrogens is 2. The molecule has 5 nitrogen and oxygen atoms in total. The number of aromatic amines is 1. The summed E-state index contributed by atoms with van der Waals surface area (Å²) in [7, 11) is 0. The van der Waals surface area contributed by atoms with E-state index < -0.39 is 6.10 Å². The largest absolute Gasteiger partial charge is 0.390 e. The number of aryl methyl sites for hydroxylation is 2. The highest BCUT2D eigenvalue weighted by Gasteiger charge is 2.20. The summed E-state index contributed by atoms with van der Waals surface area (Å²) in [5.74, 6) is 0.0108. The Morgan fingerprint density at radius 1 is 1.32 bits per heavy atom. The van der Waals surface area contributed by atoms with Gasteiger partial charge in [0.05, 0.1) is 24.7 Å². The first-order valence-electron chi connectivity index (χ1n) is 9.28. The van der Waals surface area contributed by atoms with E-state index in [4.69, 9.17) is 4.74 Å². The normalized spacial score (nSPS) is 14.9. The fourth-order valence-corrected chi connectivity index (χ4v) is 5.44. The Hall–Kier alpha value is -1.74. The lowest BCUT2D eigenvalue weighted by Gasteiger charge is -2.11. The van der Waals surface area contributed by atoms with Crippen molar-refractivity contribution >= 4 is 33.3 Å². The zero-order valence-corrected chi connectivity index (χ0v) is 16.9. The van der Waals surface area contributed by atoms with Crippen molar-refractivity contribution in [3.63, 3.8) is 0 Å². The first-order valence-corrected chi connectivity index (χ1v) is 11.1. The minimum atomic E-state index is -0.741. The highest BCUT2D eigenvalue weighted by molar-refractivity contribution is 7.99. The van der Waals surface area contributed by atoms with E-state index in [-0.39, 0.29) is 24.6 Å². The number of thiophene rings is 1. The van der Waals surface area contributed by atoms with Crippen LogP contribution in [0.3, 0.4) is 0 Å². The molecule has 0 bridgehead atoms. The summed E-state index contributed by atoms with van der Waals surface area (Å²) in [5.41, 5.74) is 1.52. The van der Waals surface area contributed by atoms with Gasteiger partial charge in [-0.2, -0.15) is 0 Å². The molecule has 2 heterocycles. The van der Waals surface area contributed by atoms with E-state index in [1.54, 1.807) is 29.5 Å². The average Bonchev–Trinajstić information content (AvgIpc) is 3.07. The van der Waals surface area contributed by atoms with Crippen LogP contribution in [0.25, 0.3) is 10.2 Å². The van der Waals surface area contributed by atoms with Gasteiger partial charge < -0.3 is 14.8 Å². The van der Waals surface area contributed by atoms with E-state index in [9.17, 15) is 14.3 Å². The molecule has 1 aliphatic carbocycles. The van der Waals surface area contributed by atoms with Gasteiger partial charge in [0.25, 0.3) is 5.56 Å². The number of aliphatic hydroxyl groups is 1. The van der Waals surface area contributed by atoms with Crippen LogP contribution in [0, 0.1) is 5.82 Å². The van der Waals surface area contributed by atoms with E-state index in [1.165, 1.54) is 29.1 Å². The molecule has 0 saturated carbocycles. The van der Waals surface area contributed by atoms with E-state index in [2.05, 4.69) is 9.97 Å². The molecular weight excluding hydrogens is 399 g/mol. The van der Waals surface area contributed by atoms with Crippen molar-refractivity contribution < 1.29 is 14.2 Å².